The lowest BCUT2D eigenvalue weighted by molar-refractivity contribution is -0.117. The summed E-state index contributed by atoms with van der Waals surface area (Å²) in [5.41, 5.74) is 0.403. The molecule has 6 nitrogen and oxygen atoms in total. The molecule has 0 radical (unpaired) electrons. The van der Waals surface area contributed by atoms with Crippen molar-refractivity contribution in [1.82, 2.24) is 5.32 Å². The van der Waals surface area contributed by atoms with Gasteiger partial charge in [0.1, 0.15) is 0 Å². The van der Waals surface area contributed by atoms with Crippen molar-refractivity contribution in [3.8, 4) is 0 Å². The second-order valence-corrected chi connectivity index (χ2v) is 4.17. The molecule has 0 unspecified atom stereocenters. The smallest absolute Gasteiger partial charge is 0.352 e. The SMILES string of the molecule is C=C(C)C(=O)NCCCOS(=O)(=O)OC. The summed E-state index contributed by atoms with van der Waals surface area (Å²) < 4.78 is 29.8. The molecule has 0 saturated carbocycles. The average Bonchev–Trinajstić information content (AvgIpc) is 2.16. The van der Waals surface area contributed by atoms with Crippen molar-refractivity contribution in [3.63, 3.8) is 0 Å². The van der Waals surface area contributed by atoms with Crippen LogP contribution in [-0.2, 0) is 23.6 Å². The highest BCUT2D eigenvalue weighted by Gasteiger charge is 2.07. The fourth-order valence-corrected chi connectivity index (χ4v) is 1.05. The van der Waals surface area contributed by atoms with Crippen molar-refractivity contribution in [3.05, 3.63) is 12.2 Å². The standard InChI is InChI=1S/C8H15NO5S/c1-7(2)8(10)9-5-4-6-14-15(11,12)13-3/h1,4-6H2,2-3H3,(H,9,10). The molecule has 0 rings (SSSR count). The van der Waals surface area contributed by atoms with Crippen LogP contribution in [0, 0.1) is 0 Å². The Morgan fingerprint density at radius 2 is 2.07 bits per heavy atom. The van der Waals surface area contributed by atoms with Gasteiger partial charge in [-0.2, -0.15) is 8.42 Å². The van der Waals surface area contributed by atoms with Gasteiger partial charge in [-0.05, 0) is 13.3 Å². The normalized spacial score (nSPS) is 11.1. The Morgan fingerprint density at radius 1 is 1.47 bits per heavy atom. The maximum atomic E-state index is 11.0. The van der Waals surface area contributed by atoms with Crippen LogP contribution < -0.4 is 5.32 Å². The molecule has 88 valence electrons. The third kappa shape index (κ3) is 7.06. The van der Waals surface area contributed by atoms with E-state index in [4.69, 9.17) is 0 Å². The number of carbonyl (C=O) groups excluding carboxylic acids is 1. The predicted molar refractivity (Wildman–Crippen MR) is 54.3 cm³/mol. The van der Waals surface area contributed by atoms with E-state index in [2.05, 4.69) is 20.3 Å². The van der Waals surface area contributed by atoms with Crippen LogP contribution in [0.25, 0.3) is 0 Å². The summed E-state index contributed by atoms with van der Waals surface area (Å²) in [6.45, 7) is 5.32. The molecule has 1 amide bonds. The van der Waals surface area contributed by atoms with Crippen LogP contribution in [0.2, 0.25) is 0 Å². The van der Waals surface area contributed by atoms with Gasteiger partial charge < -0.3 is 5.32 Å². The Labute approximate surface area is 89.6 Å². The third-order valence-electron chi connectivity index (χ3n) is 1.43. The van der Waals surface area contributed by atoms with E-state index in [1.165, 1.54) is 0 Å². The molecule has 7 heteroatoms. The number of hydrogen-bond donors (Lipinski definition) is 1. The first kappa shape index (κ1) is 14.1. The first-order valence-corrected chi connectivity index (χ1v) is 5.61. The monoisotopic (exact) mass is 237 g/mol. The zero-order valence-electron chi connectivity index (χ0n) is 8.78. The molecular formula is C8H15NO5S. The molecule has 0 bridgehead atoms. The molecule has 0 spiro atoms. The third-order valence-corrected chi connectivity index (χ3v) is 2.29. The van der Waals surface area contributed by atoms with Gasteiger partial charge in [-0.3, -0.25) is 8.98 Å². The highest BCUT2D eigenvalue weighted by Crippen LogP contribution is 1.94. The lowest BCUT2D eigenvalue weighted by atomic mass is 10.3. The lowest BCUT2D eigenvalue weighted by Crippen LogP contribution is -2.25. The maximum Gasteiger partial charge on any atom is 0.399 e. The summed E-state index contributed by atoms with van der Waals surface area (Å²) in [7, 11) is -2.85. The topological polar surface area (TPSA) is 81.7 Å². The molecule has 0 aromatic carbocycles. The Bertz CT molecular complexity index is 322. The summed E-state index contributed by atoms with van der Waals surface area (Å²) in [4.78, 5) is 11.0. The molecule has 15 heavy (non-hydrogen) atoms. The Morgan fingerprint density at radius 3 is 2.53 bits per heavy atom. The van der Waals surface area contributed by atoms with Crippen molar-refractivity contribution in [2.75, 3.05) is 20.3 Å². The van der Waals surface area contributed by atoms with Gasteiger partial charge in [-0.15, -0.1) is 0 Å². The van der Waals surface area contributed by atoms with Crippen LogP contribution >= 0.6 is 0 Å². The second kappa shape index (κ2) is 6.54. The maximum absolute atomic E-state index is 11.0. The van der Waals surface area contributed by atoms with E-state index in [1.807, 2.05) is 0 Å². The minimum atomic E-state index is -3.87. The highest BCUT2D eigenvalue weighted by molar-refractivity contribution is 7.81. The van der Waals surface area contributed by atoms with Crippen LogP contribution in [0.1, 0.15) is 13.3 Å². The average molecular weight is 237 g/mol. The molecule has 0 aliphatic carbocycles. The van der Waals surface area contributed by atoms with Crippen LogP contribution in [0.3, 0.4) is 0 Å². The largest absolute Gasteiger partial charge is 0.399 e. The van der Waals surface area contributed by atoms with Gasteiger partial charge >= 0.3 is 10.4 Å². The summed E-state index contributed by atoms with van der Waals surface area (Å²) in [5, 5.41) is 2.53. The van der Waals surface area contributed by atoms with Gasteiger partial charge in [0.05, 0.1) is 13.7 Å². The molecule has 0 aliphatic heterocycles. The number of amides is 1. The quantitative estimate of drug-likeness (QED) is 0.497. The fourth-order valence-electron chi connectivity index (χ4n) is 0.634. The Hall–Kier alpha value is -0.920. The van der Waals surface area contributed by atoms with Crippen molar-refractivity contribution in [2.24, 2.45) is 0 Å². The zero-order valence-corrected chi connectivity index (χ0v) is 9.59. The molecular weight excluding hydrogens is 222 g/mol. The minimum Gasteiger partial charge on any atom is -0.352 e. The number of nitrogens with one attached hydrogen (secondary N) is 1. The van der Waals surface area contributed by atoms with E-state index in [-0.39, 0.29) is 12.5 Å². The Balaban J connectivity index is 3.57. The van der Waals surface area contributed by atoms with Crippen LogP contribution in [-0.4, -0.2) is 34.6 Å². The summed E-state index contributed by atoms with van der Waals surface area (Å²) in [6, 6.07) is 0. The van der Waals surface area contributed by atoms with Gasteiger partial charge in [-0.1, -0.05) is 6.58 Å². The van der Waals surface area contributed by atoms with Crippen molar-refractivity contribution < 1.29 is 21.6 Å². The van der Waals surface area contributed by atoms with Crippen molar-refractivity contribution in [1.29, 1.82) is 0 Å². The van der Waals surface area contributed by atoms with Crippen LogP contribution in [0.5, 0.6) is 0 Å². The van der Waals surface area contributed by atoms with E-state index < -0.39 is 10.4 Å². The molecule has 1 N–H and O–H groups in total. The van der Waals surface area contributed by atoms with E-state index in [9.17, 15) is 13.2 Å². The van der Waals surface area contributed by atoms with Crippen molar-refractivity contribution >= 4 is 16.3 Å². The van der Waals surface area contributed by atoms with Gasteiger partial charge in [-0.25, -0.2) is 4.18 Å². The van der Waals surface area contributed by atoms with Gasteiger partial charge in [0.25, 0.3) is 0 Å². The minimum absolute atomic E-state index is 0.0351. The molecule has 0 fully saturated rings. The van der Waals surface area contributed by atoms with Gasteiger partial charge in [0.2, 0.25) is 5.91 Å². The molecule has 0 heterocycles. The molecule has 0 aromatic heterocycles. The van der Waals surface area contributed by atoms with Crippen LogP contribution in [0.15, 0.2) is 12.2 Å². The van der Waals surface area contributed by atoms with E-state index in [0.717, 1.165) is 7.11 Å². The second-order valence-electron chi connectivity index (χ2n) is 2.79. The number of carbonyl (C=O) groups is 1. The summed E-state index contributed by atoms with van der Waals surface area (Å²) >= 11 is 0. The summed E-state index contributed by atoms with van der Waals surface area (Å²) in [5.74, 6) is -0.260. The first-order chi connectivity index (χ1) is 6.89. The molecule has 0 atom stereocenters. The number of hydrogen-bond acceptors (Lipinski definition) is 5. The predicted octanol–water partition coefficient (Wildman–Crippen LogP) is -0.0234. The van der Waals surface area contributed by atoms with Crippen LogP contribution in [0.4, 0.5) is 0 Å². The highest BCUT2D eigenvalue weighted by atomic mass is 32.3. The van der Waals surface area contributed by atoms with E-state index >= 15 is 0 Å². The van der Waals surface area contributed by atoms with Crippen molar-refractivity contribution in [2.45, 2.75) is 13.3 Å². The Kier molecular flexibility index (Phi) is 6.14. The van der Waals surface area contributed by atoms with Gasteiger partial charge in [0.15, 0.2) is 0 Å². The molecule has 0 aromatic rings. The first-order valence-electron chi connectivity index (χ1n) is 4.27. The molecule has 0 saturated heterocycles. The molecule has 0 aliphatic rings. The number of rotatable bonds is 7. The van der Waals surface area contributed by atoms with Gasteiger partial charge in [0, 0.05) is 12.1 Å². The van der Waals surface area contributed by atoms with E-state index in [1.54, 1.807) is 6.92 Å². The van der Waals surface area contributed by atoms with E-state index in [0.29, 0.717) is 18.5 Å². The fraction of sp³-hybridized carbons (Fsp3) is 0.625. The lowest BCUT2D eigenvalue weighted by Gasteiger charge is -2.04. The zero-order chi connectivity index (χ0) is 11.9. The summed E-state index contributed by atoms with van der Waals surface area (Å²) in [6.07, 6.45) is 0.377.